The van der Waals surface area contributed by atoms with Gasteiger partial charge in [0.2, 0.25) is 0 Å². The zero-order valence-corrected chi connectivity index (χ0v) is 35.5. The van der Waals surface area contributed by atoms with Gasteiger partial charge in [0, 0.05) is 12.8 Å². The predicted octanol–water partition coefficient (Wildman–Crippen LogP) is 9.82. The van der Waals surface area contributed by atoms with E-state index in [0.29, 0.717) is 12.8 Å². The molecule has 0 heterocycles. The topological polar surface area (TPSA) is 180 Å². The number of phosphoric acid groups is 1. The molecule has 0 unspecified atom stereocenters. The Hall–Kier alpha value is -2.37. The molecule has 0 saturated carbocycles. The van der Waals surface area contributed by atoms with E-state index in [1.54, 1.807) is 42.5 Å². The normalized spacial score (nSPS) is 14.8. The molecule has 0 aromatic carbocycles. The molecule has 4 atom stereocenters. The van der Waals surface area contributed by atoms with Crippen molar-refractivity contribution in [1.82, 2.24) is 0 Å². The highest BCUT2D eigenvalue weighted by atomic mass is 31.2. The minimum atomic E-state index is -4.85. The Bertz CT molecular complexity index is 1140. The zero-order chi connectivity index (χ0) is 41.5. The Kier molecular flexibility index (Phi) is 36.5. The lowest BCUT2D eigenvalue weighted by Crippen LogP contribution is -2.29. The highest BCUT2D eigenvalue weighted by molar-refractivity contribution is 7.46. The summed E-state index contributed by atoms with van der Waals surface area (Å²) >= 11 is 0. The molecule has 0 aromatic heterocycles. The van der Waals surface area contributed by atoms with Gasteiger partial charge in [0.05, 0.1) is 24.9 Å². The van der Waals surface area contributed by atoms with Gasteiger partial charge in [-0.05, 0) is 32.1 Å². The first-order valence-electron chi connectivity index (χ1n) is 21.4. The number of ether oxygens (including phenoxy) is 2. The molecule has 0 fully saturated rings. The van der Waals surface area contributed by atoms with E-state index in [2.05, 4.69) is 11.4 Å². The van der Waals surface area contributed by atoms with Gasteiger partial charge in [-0.1, -0.05) is 184 Å². The third-order valence-corrected chi connectivity index (χ3v) is 9.63. The number of esters is 2. The second kappa shape index (κ2) is 38.2. The Balaban J connectivity index is 4.22. The lowest BCUT2D eigenvalue weighted by Gasteiger charge is -2.19. The number of aliphatic hydroxyl groups is 3. The van der Waals surface area contributed by atoms with Crippen molar-refractivity contribution in [3.8, 4) is 0 Å². The first kappa shape index (κ1) is 53.6. The van der Waals surface area contributed by atoms with Gasteiger partial charge < -0.3 is 34.6 Å². The smallest absolute Gasteiger partial charge is 0.462 e. The summed E-state index contributed by atoms with van der Waals surface area (Å²) in [7, 11) is -4.85. The predicted molar refractivity (Wildman–Crippen MR) is 225 cm³/mol. The van der Waals surface area contributed by atoms with Gasteiger partial charge in [-0.15, -0.1) is 0 Å². The highest BCUT2D eigenvalue weighted by Gasteiger charge is 2.23. The summed E-state index contributed by atoms with van der Waals surface area (Å²) in [4.78, 5) is 42.9. The van der Waals surface area contributed by atoms with Crippen molar-refractivity contribution < 1.29 is 53.3 Å². The van der Waals surface area contributed by atoms with Crippen LogP contribution in [0.4, 0.5) is 0 Å². The molecule has 0 amide bonds. The molecule has 56 heavy (non-hydrogen) atoms. The van der Waals surface area contributed by atoms with E-state index in [4.69, 9.17) is 19.3 Å². The van der Waals surface area contributed by atoms with Crippen molar-refractivity contribution in [2.24, 2.45) is 0 Å². The first-order valence-corrected chi connectivity index (χ1v) is 22.9. The fourth-order valence-electron chi connectivity index (χ4n) is 5.83. The second-order valence-electron chi connectivity index (χ2n) is 14.5. The molecular formula is C44H77O11P. The second-order valence-corrected chi connectivity index (χ2v) is 15.8. The molecule has 0 aliphatic rings. The summed E-state index contributed by atoms with van der Waals surface area (Å²) in [6.07, 6.45) is 37.5. The molecule has 11 nitrogen and oxygen atoms in total. The molecule has 0 radical (unpaired) electrons. The lowest BCUT2D eigenvalue weighted by molar-refractivity contribution is -0.161. The van der Waals surface area contributed by atoms with Crippen LogP contribution in [-0.4, -0.2) is 74.7 Å². The highest BCUT2D eigenvalue weighted by Crippen LogP contribution is 2.36. The van der Waals surface area contributed by atoms with Gasteiger partial charge in [-0.3, -0.25) is 14.1 Å². The van der Waals surface area contributed by atoms with Gasteiger partial charge in [0.25, 0.3) is 0 Å². The van der Waals surface area contributed by atoms with Crippen LogP contribution >= 0.6 is 7.82 Å². The molecule has 0 aromatic rings. The van der Waals surface area contributed by atoms with Crippen LogP contribution in [-0.2, 0) is 28.2 Å². The average molecular weight is 813 g/mol. The van der Waals surface area contributed by atoms with Crippen molar-refractivity contribution >= 4 is 19.8 Å². The molecule has 0 rings (SSSR count). The van der Waals surface area contributed by atoms with Crippen molar-refractivity contribution in [1.29, 1.82) is 0 Å². The Morgan fingerprint density at radius 2 is 1.07 bits per heavy atom. The summed E-state index contributed by atoms with van der Waals surface area (Å²) in [5, 5.41) is 30.3. The van der Waals surface area contributed by atoms with Gasteiger partial charge in [-0.2, -0.15) is 0 Å². The molecule has 12 heteroatoms. The van der Waals surface area contributed by atoms with Gasteiger partial charge in [-0.25, -0.2) is 4.57 Å². The number of allylic oxidation sites excluding steroid dienone is 7. The van der Waals surface area contributed by atoms with Crippen LogP contribution < -0.4 is 0 Å². The Labute approximate surface area is 338 Å². The number of unbranched alkanes of at least 4 members (excludes halogenated alkanes) is 17. The van der Waals surface area contributed by atoms with Gasteiger partial charge in [0.1, 0.15) is 6.61 Å². The molecule has 0 aliphatic heterocycles. The third kappa shape index (κ3) is 38.5. The minimum absolute atomic E-state index is 0.0861. The summed E-state index contributed by atoms with van der Waals surface area (Å²) in [6, 6.07) is 0. The standard InChI is InChI=1S/C44H77O11P/c1-3-5-7-8-9-10-11-12-13-14-15-16-17-18-19-20-25-29-35-43(48)53-37-40(38-54-56(50,51)52)55-44(49)36-30-34-42(47)41(46)33-28-24-22-21-23-27-32-39(45)31-26-6-4-2/h6,21-24,26-28,32-33,39-42,45-47H,3-5,7-20,25,29-31,34-38H2,1-2H3,(H2,50,51,52)/b23-21+,24-22-,26-6-,32-27+,33-28-/t39-,40+,41+,42+/m0/s1. The molecule has 5 N–H and O–H groups in total. The van der Waals surface area contributed by atoms with Crippen molar-refractivity contribution in [2.75, 3.05) is 13.2 Å². The molecule has 0 spiro atoms. The van der Waals surface area contributed by atoms with Crippen LogP contribution in [0.5, 0.6) is 0 Å². The molecule has 0 bridgehead atoms. The number of carbonyl (C=O) groups is 2. The monoisotopic (exact) mass is 813 g/mol. The maximum Gasteiger partial charge on any atom is 0.469 e. The molecular weight excluding hydrogens is 735 g/mol. The summed E-state index contributed by atoms with van der Waals surface area (Å²) in [6.45, 7) is 3.22. The van der Waals surface area contributed by atoms with E-state index in [1.807, 2.05) is 19.1 Å². The van der Waals surface area contributed by atoms with Crippen LogP contribution in [0.25, 0.3) is 0 Å². The number of aliphatic hydroxyl groups excluding tert-OH is 3. The molecule has 0 saturated heterocycles. The first-order chi connectivity index (χ1) is 27.0. The third-order valence-electron chi connectivity index (χ3n) is 9.14. The molecule has 0 aliphatic carbocycles. The summed E-state index contributed by atoms with van der Waals surface area (Å²) in [5.74, 6) is -1.22. The van der Waals surface area contributed by atoms with Crippen LogP contribution in [0.3, 0.4) is 0 Å². The SMILES string of the molecule is CC/C=C\C[C@H](O)/C=C/C=C/C=C\C=C/[C@@H](O)[C@H](O)CCCC(=O)O[C@H](COC(=O)CCCCCCCCCCCCCCCCCCCC)COP(=O)(O)O. The van der Waals surface area contributed by atoms with Gasteiger partial charge >= 0.3 is 19.8 Å². The maximum absolute atomic E-state index is 12.4. The van der Waals surface area contributed by atoms with E-state index in [9.17, 15) is 29.5 Å². The number of hydrogen-bond donors (Lipinski definition) is 5. The average Bonchev–Trinajstić information content (AvgIpc) is 3.16. The van der Waals surface area contributed by atoms with Gasteiger partial charge in [0.15, 0.2) is 6.10 Å². The van der Waals surface area contributed by atoms with E-state index >= 15 is 0 Å². The fraction of sp³-hybridized carbons (Fsp3) is 0.727. The Morgan fingerprint density at radius 1 is 0.589 bits per heavy atom. The number of hydrogen-bond acceptors (Lipinski definition) is 9. The van der Waals surface area contributed by atoms with Crippen LogP contribution in [0.1, 0.15) is 168 Å². The quantitative estimate of drug-likeness (QED) is 0.0132. The van der Waals surface area contributed by atoms with Crippen LogP contribution in [0, 0.1) is 0 Å². The minimum Gasteiger partial charge on any atom is -0.462 e. The van der Waals surface area contributed by atoms with E-state index in [-0.39, 0.29) is 25.7 Å². The summed E-state index contributed by atoms with van der Waals surface area (Å²) < 4.78 is 26.2. The summed E-state index contributed by atoms with van der Waals surface area (Å²) in [5.41, 5.74) is 0. The van der Waals surface area contributed by atoms with E-state index < -0.39 is 57.4 Å². The molecule has 324 valence electrons. The number of rotatable bonds is 38. The van der Waals surface area contributed by atoms with Crippen LogP contribution in [0.2, 0.25) is 0 Å². The van der Waals surface area contributed by atoms with Crippen molar-refractivity contribution in [3.63, 3.8) is 0 Å². The fourth-order valence-corrected chi connectivity index (χ4v) is 6.19. The number of carbonyl (C=O) groups excluding carboxylic acids is 2. The van der Waals surface area contributed by atoms with E-state index in [0.717, 1.165) is 25.7 Å². The van der Waals surface area contributed by atoms with Crippen molar-refractivity contribution in [3.05, 3.63) is 60.8 Å². The van der Waals surface area contributed by atoms with Crippen molar-refractivity contribution in [2.45, 2.75) is 192 Å². The number of phosphoric ester groups is 1. The Morgan fingerprint density at radius 3 is 1.59 bits per heavy atom. The van der Waals surface area contributed by atoms with E-state index in [1.165, 1.54) is 96.0 Å². The largest absolute Gasteiger partial charge is 0.469 e. The lowest BCUT2D eigenvalue weighted by atomic mass is 10.0. The van der Waals surface area contributed by atoms with Crippen LogP contribution in [0.15, 0.2) is 60.8 Å². The maximum atomic E-state index is 12.4. The zero-order valence-electron chi connectivity index (χ0n) is 34.6.